The van der Waals surface area contributed by atoms with Crippen LogP contribution in [0, 0.1) is 5.82 Å². The normalized spacial score (nSPS) is 19.7. The lowest BCUT2D eigenvalue weighted by atomic mass is 10.1. The van der Waals surface area contributed by atoms with E-state index in [4.69, 9.17) is 4.74 Å². The highest BCUT2D eigenvalue weighted by molar-refractivity contribution is 7.10. The molecule has 27 heavy (non-hydrogen) atoms. The topological polar surface area (TPSA) is 48.9 Å². The van der Waals surface area contributed by atoms with Gasteiger partial charge in [-0.25, -0.2) is 4.39 Å². The minimum atomic E-state index is -0.222. The third kappa shape index (κ3) is 5.76. The quantitative estimate of drug-likeness (QED) is 0.588. The summed E-state index contributed by atoms with van der Waals surface area (Å²) >= 11 is 1.78. The smallest absolute Gasteiger partial charge is 0.191 e. The lowest BCUT2D eigenvalue weighted by Gasteiger charge is -2.37. The first-order chi connectivity index (χ1) is 13.2. The Kier molecular flexibility index (Phi) is 7.20. The van der Waals surface area contributed by atoms with Crippen LogP contribution in [0.3, 0.4) is 0 Å². The summed E-state index contributed by atoms with van der Waals surface area (Å²) in [6, 6.07) is 11.1. The van der Waals surface area contributed by atoms with E-state index >= 15 is 0 Å². The lowest BCUT2D eigenvalue weighted by molar-refractivity contribution is -0.0334. The molecule has 146 valence electrons. The van der Waals surface area contributed by atoms with Crippen LogP contribution in [0.4, 0.5) is 4.39 Å². The molecule has 0 spiro atoms. The van der Waals surface area contributed by atoms with E-state index in [2.05, 4.69) is 45.0 Å². The van der Waals surface area contributed by atoms with Gasteiger partial charge >= 0.3 is 0 Å². The van der Waals surface area contributed by atoms with Gasteiger partial charge in [-0.2, -0.15) is 0 Å². The Labute approximate surface area is 164 Å². The van der Waals surface area contributed by atoms with Crippen molar-refractivity contribution < 1.29 is 9.13 Å². The van der Waals surface area contributed by atoms with Gasteiger partial charge < -0.3 is 15.4 Å². The third-order valence-corrected chi connectivity index (χ3v) is 5.62. The van der Waals surface area contributed by atoms with Crippen molar-refractivity contribution in [3.8, 4) is 0 Å². The summed E-state index contributed by atoms with van der Waals surface area (Å²) < 4.78 is 18.7. The van der Waals surface area contributed by atoms with Gasteiger partial charge in [0.25, 0.3) is 0 Å². The van der Waals surface area contributed by atoms with Gasteiger partial charge in [-0.1, -0.05) is 18.2 Å². The molecule has 2 aromatic rings. The standard InChI is InChI=1S/C20H27FN4OS/c1-15-14-25(9-10-26-15)18(19-4-3-11-27-19)13-24-20(22-2)23-12-16-5-7-17(21)8-6-16/h3-8,11,15,18H,9-10,12-14H2,1-2H3,(H2,22,23,24). The number of halogens is 1. The van der Waals surface area contributed by atoms with Crippen LogP contribution < -0.4 is 10.6 Å². The summed E-state index contributed by atoms with van der Waals surface area (Å²) in [7, 11) is 1.76. The largest absolute Gasteiger partial charge is 0.376 e. The SMILES string of the molecule is CN=C(NCc1ccc(F)cc1)NCC(c1cccs1)N1CCOC(C)C1. The Bertz CT molecular complexity index is 720. The number of morpholine rings is 1. The minimum Gasteiger partial charge on any atom is -0.376 e. The lowest BCUT2D eigenvalue weighted by Crippen LogP contribution is -2.47. The van der Waals surface area contributed by atoms with Crippen molar-refractivity contribution in [2.75, 3.05) is 33.3 Å². The highest BCUT2D eigenvalue weighted by Gasteiger charge is 2.26. The van der Waals surface area contributed by atoms with Crippen LogP contribution in [0.2, 0.25) is 0 Å². The molecule has 2 atom stereocenters. The van der Waals surface area contributed by atoms with E-state index < -0.39 is 0 Å². The summed E-state index contributed by atoms with van der Waals surface area (Å²) in [5, 5.41) is 8.85. The van der Waals surface area contributed by atoms with Crippen molar-refractivity contribution in [1.29, 1.82) is 0 Å². The van der Waals surface area contributed by atoms with Crippen LogP contribution >= 0.6 is 11.3 Å². The molecule has 2 N–H and O–H groups in total. The van der Waals surface area contributed by atoms with Crippen LogP contribution in [0.5, 0.6) is 0 Å². The number of guanidine groups is 1. The van der Waals surface area contributed by atoms with E-state index in [0.29, 0.717) is 6.54 Å². The zero-order valence-corrected chi connectivity index (χ0v) is 16.6. The van der Waals surface area contributed by atoms with Crippen molar-refractivity contribution in [3.05, 3.63) is 58.0 Å². The van der Waals surface area contributed by atoms with Gasteiger partial charge in [-0.15, -0.1) is 11.3 Å². The van der Waals surface area contributed by atoms with E-state index in [1.54, 1.807) is 30.5 Å². The molecular weight excluding hydrogens is 363 g/mol. The molecule has 1 aliphatic rings. The fourth-order valence-electron chi connectivity index (χ4n) is 3.22. The first kappa shape index (κ1) is 19.8. The monoisotopic (exact) mass is 390 g/mol. The number of benzene rings is 1. The number of ether oxygens (including phenoxy) is 1. The molecule has 0 bridgehead atoms. The second kappa shape index (κ2) is 9.82. The van der Waals surface area contributed by atoms with Gasteiger partial charge in [0, 0.05) is 38.1 Å². The first-order valence-electron chi connectivity index (χ1n) is 9.23. The number of thiophene rings is 1. The van der Waals surface area contributed by atoms with Gasteiger partial charge in [-0.05, 0) is 36.1 Å². The van der Waals surface area contributed by atoms with E-state index in [1.807, 2.05) is 0 Å². The molecular formula is C20H27FN4OS. The van der Waals surface area contributed by atoms with E-state index in [1.165, 1.54) is 17.0 Å². The fraction of sp³-hybridized carbons (Fsp3) is 0.450. The number of rotatable bonds is 6. The molecule has 1 fully saturated rings. The zero-order valence-electron chi connectivity index (χ0n) is 15.8. The molecule has 1 aromatic heterocycles. The Morgan fingerprint density at radius 3 is 2.81 bits per heavy atom. The molecule has 0 saturated carbocycles. The second-order valence-electron chi connectivity index (χ2n) is 6.64. The average Bonchev–Trinajstić information content (AvgIpc) is 3.20. The first-order valence-corrected chi connectivity index (χ1v) is 10.1. The molecule has 2 unspecified atom stereocenters. The summed E-state index contributed by atoms with van der Waals surface area (Å²) in [6.07, 6.45) is 0.247. The average molecular weight is 391 g/mol. The van der Waals surface area contributed by atoms with Crippen molar-refractivity contribution in [1.82, 2.24) is 15.5 Å². The van der Waals surface area contributed by atoms with Crippen molar-refractivity contribution in [3.63, 3.8) is 0 Å². The number of aliphatic imine (C=N–C) groups is 1. The van der Waals surface area contributed by atoms with Crippen molar-refractivity contribution in [2.45, 2.75) is 25.6 Å². The maximum absolute atomic E-state index is 13.0. The van der Waals surface area contributed by atoms with Crippen molar-refractivity contribution in [2.24, 2.45) is 4.99 Å². The van der Waals surface area contributed by atoms with E-state index in [-0.39, 0.29) is 18.0 Å². The van der Waals surface area contributed by atoms with Crippen LogP contribution in [-0.4, -0.2) is 50.3 Å². The molecule has 2 heterocycles. The molecule has 0 radical (unpaired) electrons. The minimum absolute atomic E-state index is 0.222. The molecule has 1 saturated heterocycles. The number of hydrogen-bond acceptors (Lipinski definition) is 4. The zero-order chi connectivity index (χ0) is 19.1. The number of nitrogens with one attached hydrogen (secondary N) is 2. The molecule has 1 aliphatic heterocycles. The van der Waals surface area contributed by atoms with Gasteiger partial charge in [0.05, 0.1) is 18.8 Å². The molecule has 5 nitrogen and oxygen atoms in total. The Hall–Kier alpha value is -1.96. The van der Waals surface area contributed by atoms with Crippen LogP contribution in [-0.2, 0) is 11.3 Å². The summed E-state index contributed by atoms with van der Waals surface area (Å²) in [5.41, 5.74) is 1.01. The highest BCUT2D eigenvalue weighted by Crippen LogP contribution is 2.26. The van der Waals surface area contributed by atoms with Gasteiger partial charge in [0.1, 0.15) is 5.82 Å². The molecule has 1 aromatic carbocycles. The summed E-state index contributed by atoms with van der Waals surface area (Å²) in [6.45, 7) is 6.09. The fourth-order valence-corrected chi connectivity index (χ4v) is 4.08. The molecule has 0 amide bonds. The van der Waals surface area contributed by atoms with Crippen molar-refractivity contribution >= 4 is 17.3 Å². The maximum Gasteiger partial charge on any atom is 0.191 e. The number of nitrogens with zero attached hydrogens (tertiary/aromatic N) is 2. The molecule has 0 aliphatic carbocycles. The Balaban J connectivity index is 1.58. The van der Waals surface area contributed by atoms with Crippen LogP contribution in [0.25, 0.3) is 0 Å². The maximum atomic E-state index is 13.0. The van der Waals surface area contributed by atoms with E-state index in [9.17, 15) is 4.39 Å². The summed E-state index contributed by atoms with van der Waals surface area (Å²) in [5.74, 6) is 0.516. The molecule has 3 rings (SSSR count). The Morgan fingerprint density at radius 2 is 2.15 bits per heavy atom. The number of hydrogen-bond donors (Lipinski definition) is 2. The molecule has 7 heteroatoms. The van der Waals surface area contributed by atoms with E-state index in [0.717, 1.165) is 37.8 Å². The van der Waals surface area contributed by atoms with Gasteiger partial charge in [-0.3, -0.25) is 9.89 Å². The van der Waals surface area contributed by atoms with Gasteiger partial charge in [0.2, 0.25) is 0 Å². The highest BCUT2D eigenvalue weighted by atomic mass is 32.1. The third-order valence-electron chi connectivity index (χ3n) is 4.64. The predicted octanol–water partition coefficient (Wildman–Crippen LogP) is 3.01. The Morgan fingerprint density at radius 1 is 1.33 bits per heavy atom. The summed E-state index contributed by atoms with van der Waals surface area (Å²) in [4.78, 5) is 8.13. The van der Waals surface area contributed by atoms with Crippen LogP contribution in [0.1, 0.15) is 23.4 Å². The van der Waals surface area contributed by atoms with Crippen LogP contribution in [0.15, 0.2) is 46.8 Å². The second-order valence-corrected chi connectivity index (χ2v) is 7.62. The predicted molar refractivity (Wildman–Crippen MR) is 109 cm³/mol. The van der Waals surface area contributed by atoms with Gasteiger partial charge in [0.15, 0.2) is 5.96 Å².